The second-order valence-electron chi connectivity index (χ2n) is 4.63. The molecule has 0 aromatic heterocycles. The lowest BCUT2D eigenvalue weighted by molar-refractivity contribution is -0.140. The fourth-order valence-corrected chi connectivity index (χ4v) is 2.25. The molecule has 1 aliphatic carbocycles. The SMILES string of the molecule is O=C(NCc1cccc(Cl)c1)NC1C=CC(C(=O)O)C1. The zero-order chi connectivity index (χ0) is 14.5. The second kappa shape index (κ2) is 6.43. The third-order valence-corrected chi connectivity index (χ3v) is 3.29. The van der Waals surface area contributed by atoms with Gasteiger partial charge in [0.1, 0.15) is 0 Å². The topological polar surface area (TPSA) is 78.4 Å². The van der Waals surface area contributed by atoms with Gasteiger partial charge in [-0.25, -0.2) is 4.79 Å². The lowest BCUT2D eigenvalue weighted by atomic mass is 10.1. The molecule has 2 amide bonds. The van der Waals surface area contributed by atoms with E-state index >= 15 is 0 Å². The Kier molecular flexibility index (Phi) is 4.63. The molecule has 6 heteroatoms. The average molecular weight is 295 g/mol. The Morgan fingerprint density at radius 3 is 2.80 bits per heavy atom. The van der Waals surface area contributed by atoms with Crippen LogP contribution in [0.1, 0.15) is 12.0 Å². The second-order valence-corrected chi connectivity index (χ2v) is 5.07. The van der Waals surface area contributed by atoms with Crippen LogP contribution in [0.2, 0.25) is 5.02 Å². The van der Waals surface area contributed by atoms with Crippen molar-refractivity contribution in [3.63, 3.8) is 0 Å². The third-order valence-electron chi connectivity index (χ3n) is 3.06. The molecule has 0 fully saturated rings. The average Bonchev–Trinajstić information content (AvgIpc) is 2.85. The predicted octanol–water partition coefficient (Wildman–Crippen LogP) is 2.17. The molecule has 0 spiro atoms. The highest BCUT2D eigenvalue weighted by molar-refractivity contribution is 6.30. The molecule has 1 aromatic carbocycles. The van der Waals surface area contributed by atoms with Crippen LogP contribution in [-0.2, 0) is 11.3 Å². The number of halogens is 1. The molecular weight excluding hydrogens is 280 g/mol. The Hall–Kier alpha value is -2.01. The Morgan fingerprint density at radius 1 is 1.35 bits per heavy atom. The first kappa shape index (κ1) is 14.4. The maximum Gasteiger partial charge on any atom is 0.315 e. The first-order chi connectivity index (χ1) is 9.54. The number of amides is 2. The monoisotopic (exact) mass is 294 g/mol. The first-order valence-electron chi connectivity index (χ1n) is 6.24. The Labute approximate surface area is 121 Å². The molecule has 106 valence electrons. The van der Waals surface area contributed by atoms with Crippen LogP contribution in [0.4, 0.5) is 4.79 Å². The van der Waals surface area contributed by atoms with E-state index < -0.39 is 11.9 Å². The molecule has 20 heavy (non-hydrogen) atoms. The number of nitrogens with one attached hydrogen (secondary N) is 2. The fraction of sp³-hybridized carbons (Fsp3) is 0.286. The van der Waals surface area contributed by atoms with E-state index in [1.165, 1.54) is 0 Å². The van der Waals surface area contributed by atoms with E-state index in [1.54, 1.807) is 24.3 Å². The fourth-order valence-electron chi connectivity index (χ4n) is 2.04. The minimum atomic E-state index is -0.870. The van der Waals surface area contributed by atoms with Crippen molar-refractivity contribution in [3.05, 3.63) is 47.0 Å². The molecule has 0 heterocycles. The molecule has 1 aliphatic rings. The van der Waals surface area contributed by atoms with Crippen LogP contribution in [0.3, 0.4) is 0 Å². The van der Waals surface area contributed by atoms with Gasteiger partial charge in [-0.2, -0.15) is 0 Å². The number of carboxylic acids is 1. The van der Waals surface area contributed by atoms with E-state index in [9.17, 15) is 9.59 Å². The first-order valence-corrected chi connectivity index (χ1v) is 6.62. The summed E-state index contributed by atoms with van der Waals surface area (Å²) in [4.78, 5) is 22.5. The molecule has 2 unspecified atom stereocenters. The van der Waals surface area contributed by atoms with Gasteiger partial charge in [0.05, 0.1) is 12.0 Å². The number of rotatable bonds is 4. The van der Waals surface area contributed by atoms with Gasteiger partial charge in [0.2, 0.25) is 0 Å². The van der Waals surface area contributed by atoms with Gasteiger partial charge in [-0.15, -0.1) is 0 Å². The lowest BCUT2D eigenvalue weighted by Crippen LogP contribution is -2.40. The molecule has 3 N–H and O–H groups in total. The van der Waals surface area contributed by atoms with E-state index in [0.717, 1.165) is 5.56 Å². The molecule has 5 nitrogen and oxygen atoms in total. The minimum Gasteiger partial charge on any atom is -0.481 e. The smallest absolute Gasteiger partial charge is 0.315 e. The van der Waals surface area contributed by atoms with Crippen molar-refractivity contribution in [2.75, 3.05) is 0 Å². The number of carbonyl (C=O) groups is 2. The van der Waals surface area contributed by atoms with Gasteiger partial charge in [-0.05, 0) is 24.1 Å². The van der Waals surface area contributed by atoms with Gasteiger partial charge < -0.3 is 15.7 Å². The van der Waals surface area contributed by atoms with Crippen LogP contribution in [0.15, 0.2) is 36.4 Å². The van der Waals surface area contributed by atoms with Gasteiger partial charge in [-0.1, -0.05) is 35.9 Å². The van der Waals surface area contributed by atoms with E-state index in [0.29, 0.717) is 18.0 Å². The Morgan fingerprint density at radius 2 is 2.15 bits per heavy atom. The van der Waals surface area contributed by atoms with Gasteiger partial charge in [0.15, 0.2) is 0 Å². The zero-order valence-electron chi connectivity index (χ0n) is 10.7. The van der Waals surface area contributed by atoms with Crippen LogP contribution in [0.5, 0.6) is 0 Å². The van der Waals surface area contributed by atoms with Crippen molar-refractivity contribution < 1.29 is 14.7 Å². The van der Waals surface area contributed by atoms with Crippen molar-refractivity contribution in [3.8, 4) is 0 Å². The summed E-state index contributed by atoms with van der Waals surface area (Å²) in [7, 11) is 0. The predicted molar refractivity (Wildman–Crippen MR) is 75.5 cm³/mol. The van der Waals surface area contributed by atoms with Crippen LogP contribution in [-0.4, -0.2) is 23.1 Å². The highest BCUT2D eigenvalue weighted by atomic mass is 35.5. The van der Waals surface area contributed by atoms with Crippen LogP contribution in [0, 0.1) is 5.92 Å². The molecule has 0 aliphatic heterocycles. The summed E-state index contributed by atoms with van der Waals surface area (Å²) < 4.78 is 0. The number of carboxylic acid groups (broad SMARTS) is 1. The summed E-state index contributed by atoms with van der Waals surface area (Å²) in [5.74, 6) is -1.39. The van der Waals surface area contributed by atoms with Crippen LogP contribution < -0.4 is 10.6 Å². The van der Waals surface area contributed by atoms with Gasteiger partial charge in [0, 0.05) is 11.6 Å². The highest BCUT2D eigenvalue weighted by Crippen LogP contribution is 2.17. The van der Waals surface area contributed by atoms with E-state index in [-0.39, 0.29) is 12.1 Å². The van der Waals surface area contributed by atoms with Gasteiger partial charge in [0.25, 0.3) is 0 Å². The molecule has 0 saturated carbocycles. The number of urea groups is 1. The van der Waals surface area contributed by atoms with Gasteiger partial charge >= 0.3 is 12.0 Å². The summed E-state index contributed by atoms with van der Waals surface area (Å²) in [6, 6.07) is 6.65. The molecule has 0 saturated heterocycles. The number of carbonyl (C=O) groups excluding carboxylic acids is 1. The summed E-state index contributed by atoms with van der Waals surface area (Å²) in [5, 5.41) is 14.9. The third kappa shape index (κ3) is 3.99. The van der Waals surface area contributed by atoms with Crippen molar-refractivity contribution in [2.24, 2.45) is 5.92 Å². The number of aliphatic carboxylic acids is 1. The molecule has 1 aromatic rings. The minimum absolute atomic E-state index is 0.240. The van der Waals surface area contributed by atoms with E-state index in [2.05, 4.69) is 10.6 Å². The summed E-state index contributed by atoms with van der Waals surface area (Å²) in [6.07, 6.45) is 3.70. The Bertz CT molecular complexity index is 545. The van der Waals surface area contributed by atoms with Crippen LogP contribution in [0.25, 0.3) is 0 Å². The molecule has 0 radical (unpaired) electrons. The standard InChI is InChI=1S/C14H15ClN2O3/c15-11-3-1-2-9(6-11)8-16-14(20)17-12-5-4-10(7-12)13(18)19/h1-6,10,12H,7-8H2,(H,18,19)(H2,16,17,20). The van der Waals surface area contributed by atoms with Gasteiger partial charge in [-0.3, -0.25) is 4.79 Å². The normalized spacial score (nSPS) is 20.6. The molecule has 2 rings (SSSR count). The van der Waals surface area contributed by atoms with Crippen LogP contribution >= 0.6 is 11.6 Å². The van der Waals surface area contributed by atoms with E-state index in [1.807, 2.05) is 12.1 Å². The molecular formula is C14H15ClN2O3. The molecule has 2 atom stereocenters. The van der Waals surface area contributed by atoms with Crippen molar-refractivity contribution >= 4 is 23.6 Å². The van der Waals surface area contributed by atoms with Crippen molar-refractivity contribution in [1.82, 2.24) is 10.6 Å². The summed E-state index contributed by atoms with van der Waals surface area (Å²) in [5.41, 5.74) is 0.901. The maximum absolute atomic E-state index is 11.7. The zero-order valence-corrected chi connectivity index (χ0v) is 11.4. The summed E-state index contributed by atoms with van der Waals surface area (Å²) in [6.45, 7) is 0.366. The maximum atomic E-state index is 11.7. The summed E-state index contributed by atoms with van der Waals surface area (Å²) >= 11 is 5.85. The van der Waals surface area contributed by atoms with Crippen molar-refractivity contribution in [2.45, 2.75) is 19.0 Å². The van der Waals surface area contributed by atoms with E-state index in [4.69, 9.17) is 16.7 Å². The highest BCUT2D eigenvalue weighted by Gasteiger charge is 2.25. The quantitative estimate of drug-likeness (QED) is 0.745. The Balaban J connectivity index is 1.77. The number of hydrogen-bond donors (Lipinski definition) is 3. The number of hydrogen-bond acceptors (Lipinski definition) is 2. The number of benzene rings is 1. The molecule has 0 bridgehead atoms. The van der Waals surface area contributed by atoms with Crippen molar-refractivity contribution in [1.29, 1.82) is 0 Å². The largest absolute Gasteiger partial charge is 0.481 e. The lowest BCUT2D eigenvalue weighted by Gasteiger charge is -2.13.